The fourth-order valence-electron chi connectivity index (χ4n) is 2.58. The molecule has 110 valence electrons. The first-order valence-corrected chi connectivity index (χ1v) is 7.11. The predicted molar refractivity (Wildman–Crippen MR) is 76.9 cm³/mol. The van der Waals surface area contributed by atoms with Crippen LogP contribution in [0.25, 0.3) is 0 Å². The number of hydrogen-bond donors (Lipinski definition) is 2. The summed E-state index contributed by atoms with van der Waals surface area (Å²) in [6.45, 7) is 2.28. The Kier molecular flexibility index (Phi) is 5.34. The van der Waals surface area contributed by atoms with Crippen molar-refractivity contribution in [2.24, 2.45) is 5.73 Å². The molecule has 0 aliphatic carbocycles. The molecule has 0 bridgehead atoms. The second-order valence-corrected chi connectivity index (χ2v) is 5.47. The Morgan fingerprint density at radius 3 is 2.80 bits per heavy atom. The summed E-state index contributed by atoms with van der Waals surface area (Å²) >= 11 is 5.79. The van der Waals surface area contributed by atoms with Gasteiger partial charge in [0.05, 0.1) is 11.6 Å². The number of amides is 1. The molecule has 1 aromatic carbocycles. The highest BCUT2D eigenvalue weighted by Gasteiger charge is 2.23. The van der Waals surface area contributed by atoms with Crippen LogP contribution in [0.5, 0.6) is 0 Å². The molecule has 1 saturated heterocycles. The minimum Gasteiger partial charge on any atom is -0.369 e. The first kappa shape index (κ1) is 15.2. The fraction of sp³-hybridized carbons (Fsp3) is 0.500. The van der Waals surface area contributed by atoms with Crippen molar-refractivity contribution in [1.29, 1.82) is 0 Å². The van der Waals surface area contributed by atoms with Gasteiger partial charge in [-0.3, -0.25) is 9.69 Å². The van der Waals surface area contributed by atoms with Crippen LogP contribution in [0, 0.1) is 5.82 Å². The van der Waals surface area contributed by atoms with E-state index >= 15 is 0 Å². The van der Waals surface area contributed by atoms with Crippen LogP contribution in [0.15, 0.2) is 18.2 Å². The van der Waals surface area contributed by atoms with E-state index in [0.717, 1.165) is 25.9 Å². The van der Waals surface area contributed by atoms with Crippen molar-refractivity contribution < 1.29 is 9.18 Å². The largest absolute Gasteiger partial charge is 0.369 e. The van der Waals surface area contributed by atoms with Gasteiger partial charge in [0.25, 0.3) is 0 Å². The topological polar surface area (TPSA) is 58.4 Å². The van der Waals surface area contributed by atoms with E-state index in [-0.39, 0.29) is 17.6 Å². The number of nitrogens with one attached hydrogen (secondary N) is 1. The second-order valence-electron chi connectivity index (χ2n) is 5.07. The van der Waals surface area contributed by atoms with E-state index < -0.39 is 11.7 Å². The monoisotopic (exact) mass is 299 g/mol. The van der Waals surface area contributed by atoms with Crippen LogP contribution in [0.1, 0.15) is 18.4 Å². The third kappa shape index (κ3) is 3.91. The standard InChI is InChI=1S/C14H19ClFN3O/c15-12-3-1-2-10(14(12)16)8-19(9-13(17)20)11-4-6-18-7-5-11/h1-3,11,18H,4-9H2,(H2,17,20). The lowest BCUT2D eigenvalue weighted by Crippen LogP contribution is -2.46. The summed E-state index contributed by atoms with van der Waals surface area (Å²) in [5, 5.41) is 3.37. The molecule has 6 heteroatoms. The summed E-state index contributed by atoms with van der Waals surface area (Å²) in [4.78, 5) is 13.2. The first-order valence-electron chi connectivity index (χ1n) is 6.74. The van der Waals surface area contributed by atoms with Gasteiger partial charge in [0.2, 0.25) is 5.91 Å². The molecule has 1 aliphatic rings. The lowest BCUT2D eigenvalue weighted by molar-refractivity contribution is -0.120. The molecule has 1 amide bonds. The van der Waals surface area contributed by atoms with Gasteiger partial charge < -0.3 is 11.1 Å². The molecule has 2 rings (SSSR count). The van der Waals surface area contributed by atoms with Crippen LogP contribution in [-0.2, 0) is 11.3 Å². The SMILES string of the molecule is NC(=O)CN(Cc1cccc(Cl)c1F)C1CCNCC1. The van der Waals surface area contributed by atoms with E-state index in [0.29, 0.717) is 12.1 Å². The van der Waals surface area contributed by atoms with Gasteiger partial charge in [-0.05, 0) is 32.0 Å². The Bertz CT molecular complexity index is 477. The zero-order valence-electron chi connectivity index (χ0n) is 11.2. The number of primary amides is 1. The van der Waals surface area contributed by atoms with Crippen LogP contribution >= 0.6 is 11.6 Å². The van der Waals surface area contributed by atoms with E-state index in [4.69, 9.17) is 17.3 Å². The van der Waals surface area contributed by atoms with Crippen LogP contribution in [-0.4, -0.2) is 36.5 Å². The van der Waals surface area contributed by atoms with Gasteiger partial charge in [0.1, 0.15) is 5.82 Å². The summed E-state index contributed by atoms with van der Waals surface area (Å²) in [5.74, 6) is -0.816. The van der Waals surface area contributed by atoms with Crippen molar-refractivity contribution in [1.82, 2.24) is 10.2 Å². The zero-order valence-corrected chi connectivity index (χ0v) is 12.0. The number of nitrogens with two attached hydrogens (primary N) is 1. The normalized spacial score (nSPS) is 16.6. The minimum atomic E-state index is -0.419. The Balaban J connectivity index is 2.14. The molecule has 1 fully saturated rings. The zero-order chi connectivity index (χ0) is 14.5. The average Bonchev–Trinajstić information content (AvgIpc) is 2.43. The molecular formula is C14H19ClFN3O. The maximum absolute atomic E-state index is 14.0. The molecule has 0 spiro atoms. The smallest absolute Gasteiger partial charge is 0.231 e. The molecule has 0 radical (unpaired) electrons. The van der Waals surface area contributed by atoms with Crippen LogP contribution in [0.3, 0.4) is 0 Å². The third-order valence-corrected chi connectivity index (χ3v) is 3.88. The number of carbonyl (C=O) groups is 1. The molecule has 4 nitrogen and oxygen atoms in total. The highest BCUT2D eigenvalue weighted by atomic mass is 35.5. The van der Waals surface area contributed by atoms with E-state index in [9.17, 15) is 9.18 Å². The quantitative estimate of drug-likeness (QED) is 0.867. The number of piperidine rings is 1. The summed E-state index contributed by atoms with van der Waals surface area (Å²) in [6, 6.07) is 5.16. The predicted octanol–water partition coefficient (Wildman–Crippen LogP) is 1.52. The van der Waals surface area contributed by atoms with Crippen molar-refractivity contribution >= 4 is 17.5 Å². The van der Waals surface area contributed by atoms with E-state index in [1.807, 2.05) is 4.90 Å². The molecular weight excluding hydrogens is 281 g/mol. The van der Waals surface area contributed by atoms with Gasteiger partial charge >= 0.3 is 0 Å². The van der Waals surface area contributed by atoms with Gasteiger partial charge in [-0.15, -0.1) is 0 Å². The molecule has 1 aromatic rings. The second kappa shape index (κ2) is 7.02. The summed E-state index contributed by atoms with van der Waals surface area (Å²) < 4.78 is 14.0. The van der Waals surface area contributed by atoms with Gasteiger partial charge in [0, 0.05) is 18.2 Å². The molecule has 0 unspecified atom stereocenters. The van der Waals surface area contributed by atoms with Crippen molar-refractivity contribution in [3.63, 3.8) is 0 Å². The van der Waals surface area contributed by atoms with Crippen molar-refractivity contribution in [2.75, 3.05) is 19.6 Å². The Hall–Kier alpha value is -1.17. The van der Waals surface area contributed by atoms with Gasteiger partial charge in [0.15, 0.2) is 0 Å². The molecule has 0 saturated carbocycles. The molecule has 0 aromatic heterocycles. The molecule has 1 aliphatic heterocycles. The van der Waals surface area contributed by atoms with E-state index in [1.165, 1.54) is 6.07 Å². The molecule has 20 heavy (non-hydrogen) atoms. The molecule has 0 atom stereocenters. The lowest BCUT2D eigenvalue weighted by Gasteiger charge is -2.34. The maximum atomic E-state index is 14.0. The number of benzene rings is 1. The molecule has 1 heterocycles. The van der Waals surface area contributed by atoms with Crippen molar-refractivity contribution in [2.45, 2.75) is 25.4 Å². The number of carbonyl (C=O) groups excluding carboxylic acids is 1. The van der Waals surface area contributed by atoms with Crippen LogP contribution < -0.4 is 11.1 Å². The number of hydrogen-bond acceptors (Lipinski definition) is 3. The summed E-state index contributed by atoms with van der Waals surface area (Å²) in [5.41, 5.74) is 5.80. The summed E-state index contributed by atoms with van der Waals surface area (Å²) in [6.07, 6.45) is 1.85. The van der Waals surface area contributed by atoms with Gasteiger partial charge in [-0.2, -0.15) is 0 Å². The maximum Gasteiger partial charge on any atom is 0.231 e. The Labute approximate surface area is 123 Å². The number of rotatable bonds is 5. The van der Waals surface area contributed by atoms with E-state index in [2.05, 4.69) is 5.32 Å². The lowest BCUT2D eigenvalue weighted by atomic mass is 10.0. The van der Waals surface area contributed by atoms with Crippen LogP contribution in [0.2, 0.25) is 5.02 Å². The minimum absolute atomic E-state index is 0.104. The van der Waals surface area contributed by atoms with Gasteiger partial charge in [-0.1, -0.05) is 23.7 Å². The van der Waals surface area contributed by atoms with E-state index in [1.54, 1.807) is 12.1 Å². The Morgan fingerprint density at radius 1 is 1.45 bits per heavy atom. The third-order valence-electron chi connectivity index (χ3n) is 3.59. The first-order chi connectivity index (χ1) is 9.58. The summed E-state index contributed by atoms with van der Waals surface area (Å²) in [7, 11) is 0. The Morgan fingerprint density at radius 2 is 2.15 bits per heavy atom. The number of nitrogens with zero attached hydrogens (tertiary/aromatic N) is 1. The van der Waals surface area contributed by atoms with Crippen molar-refractivity contribution in [3.05, 3.63) is 34.6 Å². The van der Waals surface area contributed by atoms with Crippen molar-refractivity contribution in [3.8, 4) is 0 Å². The van der Waals surface area contributed by atoms with Crippen LogP contribution in [0.4, 0.5) is 4.39 Å². The molecule has 3 N–H and O–H groups in total. The number of halogens is 2. The highest BCUT2D eigenvalue weighted by Crippen LogP contribution is 2.21. The fourth-order valence-corrected chi connectivity index (χ4v) is 2.77. The highest BCUT2D eigenvalue weighted by molar-refractivity contribution is 6.30. The average molecular weight is 300 g/mol. The van der Waals surface area contributed by atoms with Gasteiger partial charge in [-0.25, -0.2) is 4.39 Å².